The fourth-order valence-electron chi connectivity index (χ4n) is 3.43. The minimum absolute atomic E-state index is 0.00281. The monoisotopic (exact) mass is 329 g/mol. The molecule has 0 bridgehead atoms. The Morgan fingerprint density at radius 2 is 2.33 bits per heavy atom. The number of carbonyl (C=O) groups excluding carboxylic acids is 1. The molecule has 7 heteroatoms. The van der Waals surface area contributed by atoms with E-state index in [1.807, 2.05) is 18.2 Å². The number of carbonyl (C=O) groups is 1. The molecule has 4 heterocycles. The van der Waals surface area contributed by atoms with E-state index in [1.165, 1.54) is 0 Å². The lowest BCUT2D eigenvalue weighted by molar-refractivity contribution is -0.0455. The van der Waals surface area contributed by atoms with Crippen molar-refractivity contribution in [1.29, 1.82) is 0 Å². The van der Waals surface area contributed by atoms with Crippen LogP contribution in [0.15, 0.2) is 35.0 Å². The van der Waals surface area contributed by atoms with Crippen molar-refractivity contribution in [3.63, 3.8) is 0 Å². The van der Waals surface area contributed by atoms with Crippen LogP contribution in [-0.4, -0.2) is 52.3 Å². The number of nitrogens with zero attached hydrogens (tertiary/aromatic N) is 3. The molecule has 0 N–H and O–H groups in total. The first kappa shape index (κ1) is 15.1. The third-order valence-corrected chi connectivity index (χ3v) is 4.49. The number of aromatic nitrogens is 2. The van der Waals surface area contributed by atoms with E-state index in [4.69, 9.17) is 14.0 Å². The highest BCUT2D eigenvalue weighted by Crippen LogP contribution is 2.32. The number of fused-ring (bicyclic) bond motifs is 1. The number of hydrogen-bond donors (Lipinski definition) is 0. The highest BCUT2D eigenvalue weighted by molar-refractivity contribution is 5.92. The summed E-state index contributed by atoms with van der Waals surface area (Å²) < 4.78 is 16.9. The Kier molecular flexibility index (Phi) is 3.93. The summed E-state index contributed by atoms with van der Waals surface area (Å²) in [5.41, 5.74) is 0.329. The molecular formula is C17H19N3O4. The van der Waals surface area contributed by atoms with Gasteiger partial charge in [-0.1, -0.05) is 11.2 Å². The Bertz CT molecular complexity index is 718. The van der Waals surface area contributed by atoms with E-state index in [0.717, 1.165) is 12.8 Å². The molecule has 7 nitrogen and oxygen atoms in total. The van der Waals surface area contributed by atoms with Gasteiger partial charge in [0.25, 0.3) is 5.91 Å². The summed E-state index contributed by atoms with van der Waals surface area (Å²) in [7, 11) is 0. The summed E-state index contributed by atoms with van der Waals surface area (Å²) in [5, 5.41) is 3.85. The standard InChI is InChI=1S/C17H19N3O4/c1-11-9-12(19-24-11)17(21)20-10-14(16-13(20)5-4-8-22-16)23-15-6-2-3-7-18-15/h2-3,6-7,9,13-14,16H,4-5,8,10H2,1H3/t13-,14-,16+/m1/s1. The highest BCUT2D eigenvalue weighted by Gasteiger charge is 2.48. The maximum Gasteiger partial charge on any atom is 0.276 e. The van der Waals surface area contributed by atoms with Crippen LogP contribution >= 0.6 is 0 Å². The first-order chi connectivity index (χ1) is 11.7. The quantitative estimate of drug-likeness (QED) is 0.855. The van der Waals surface area contributed by atoms with E-state index in [9.17, 15) is 4.79 Å². The van der Waals surface area contributed by atoms with Gasteiger partial charge in [0.05, 0.1) is 12.6 Å². The summed E-state index contributed by atoms with van der Waals surface area (Å²) in [6, 6.07) is 7.18. The van der Waals surface area contributed by atoms with Gasteiger partial charge in [0.15, 0.2) is 5.69 Å². The second-order valence-corrected chi connectivity index (χ2v) is 6.15. The van der Waals surface area contributed by atoms with Crippen molar-refractivity contribution >= 4 is 5.91 Å². The van der Waals surface area contributed by atoms with Crippen molar-refractivity contribution in [3.05, 3.63) is 41.9 Å². The molecule has 4 rings (SSSR count). The van der Waals surface area contributed by atoms with E-state index >= 15 is 0 Å². The van der Waals surface area contributed by atoms with Crippen LogP contribution in [0, 0.1) is 6.92 Å². The Morgan fingerprint density at radius 3 is 3.08 bits per heavy atom. The van der Waals surface area contributed by atoms with Crippen LogP contribution < -0.4 is 4.74 Å². The molecular weight excluding hydrogens is 310 g/mol. The maximum absolute atomic E-state index is 12.8. The predicted molar refractivity (Wildman–Crippen MR) is 83.7 cm³/mol. The molecule has 0 radical (unpaired) electrons. The van der Waals surface area contributed by atoms with Crippen molar-refractivity contribution in [2.24, 2.45) is 0 Å². The second kappa shape index (κ2) is 6.24. The number of ether oxygens (including phenoxy) is 2. The number of hydrogen-bond acceptors (Lipinski definition) is 6. The van der Waals surface area contributed by atoms with Crippen LogP contribution in [0.2, 0.25) is 0 Å². The molecule has 0 spiro atoms. The third-order valence-electron chi connectivity index (χ3n) is 4.49. The summed E-state index contributed by atoms with van der Waals surface area (Å²) >= 11 is 0. The van der Waals surface area contributed by atoms with Gasteiger partial charge in [-0.2, -0.15) is 0 Å². The molecule has 0 unspecified atom stereocenters. The smallest absolute Gasteiger partial charge is 0.276 e. The summed E-state index contributed by atoms with van der Waals surface area (Å²) in [5.74, 6) is 1.02. The number of likely N-dealkylation sites (tertiary alicyclic amines) is 1. The Hall–Kier alpha value is -2.41. The number of aryl methyl sites for hydroxylation is 1. The van der Waals surface area contributed by atoms with Crippen LogP contribution in [0.3, 0.4) is 0 Å². The van der Waals surface area contributed by atoms with Gasteiger partial charge in [-0.05, 0) is 25.8 Å². The van der Waals surface area contributed by atoms with Crippen LogP contribution in [-0.2, 0) is 4.74 Å². The molecule has 2 fully saturated rings. The average Bonchev–Trinajstić information content (AvgIpc) is 3.20. The normalized spacial score (nSPS) is 26.2. The SMILES string of the molecule is Cc1cc(C(=O)N2C[C@@H](Oc3ccccn3)[C@H]3OCCC[C@H]32)no1. The van der Waals surface area contributed by atoms with E-state index in [2.05, 4.69) is 10.1 Å². The second-order valence-electron chi connectivity index (χ2n) is 6.15. The summed E-state index contributed by atoms with van der Waals surface area (Å²) in [4.78, 5) is 18.8. The van der Waals surface area contributed by atoms with Crippen molar-refractivity contribution in [2.75, 3.05) is 13.2 Å². The topological polar surface area (TPSA) is 77.7 Å². The van der Waals surface area contributed by atoms with Gasteiger partial charge in [-0.25, -0.2) is 4.98 Å². The van der Waals surface area contributed by atoms with Crippen LogP contribution in [0.25, 0.3) is 0 Å². The molecule has 24 heavy (non-hydrogen) atoms. The minimum atomic E-state index is -0.234. The minimum Gasteiger partial charge on any atom is -0.470 e. The molecule has 0 aromatic carbocycles. The lowest BCUT2D eigenvalue weighted by Crippen LogP contribution is -2.44. The lowest BCUT2D eigenvalue weighted by atomic mass is 10.0. The van der Waals surface area contributed by atoms with Crippen LogP contribution in [0.5, 0.6) is 5.88 Å². The molecule has 126 valence electrons. The maximum atomic E-state index is 12.8. The zero-order chi connectivity index (χ0) is 16.5. The van der Waals surface area contributed by atoms with Gasteiger partial charge >= 0.3 is 0 Å². The molecule has 2 saturated heterocycles. The van der Waals surface area contributed by atoms with Gasteiger partial charge in [-0.15, -0.1) is 0 Å². The zero-order valence-corrected chi connectivity index (χ0v) is 13.4. The average molecular weight is 329 g/mol. The van der Waals surface area contributed by atoms with Gasteiger partial charge < -0.3 is 18.9 Å². The van der Waals surface area contributed by atoms with Crippen LogP contribution in [0.4, 0.5) is 0 Å². The zero-order valence-electron chi connectivity index (χ0n) is 13.4. The molecule has 0 aliphatic carbocycles. The van der Waals surface area contributed by atoms with Gasteiger partial charge in [0.2, 0.25) is 5.88 Å². The Labute approximate surface area is 139 Å². The number of rotatable bonds is 3. The molecule has 2 aliphatic rings. The fraction of sp³-hybridized carbons (Fsp3) is 0.471. The van der Waals surface area contributed by atoms with Gasteiger partial charge in [-0.3, -0.25) is 4.79 Å². The van der Waals surface area contributed by atoms with Gasteiger partial charge in [0, 0.05) is 24.9 Å². The largest absolute Gasteiger partial charge is 0.470 e. The lowest BCUT2D eigenvalue weighted by Gasteiger charge is -2.31. The number of amides is 1. The van der Waals surface area contributed by atoms with Crippen molar-refractivity contribution in [1.82, 2.24) is 15.0 Å². The highest BCUT2D eigenvalue weighted by atomic mass is 16.5. The molecule has 2 aromatic heterocycles. The number of pyridine rings is 1. The summed E-state index contributed by atoms with van der Waals surface area (Å²) in [6.45, 7) is 2.91. The van der Waals surface area contributed by atoms with Crippen molar-refractivity contribution < 1.29 is 18.8 Å². The van der Waals surface area contributed by atoms with Crippen molar-refractivity contribution in [3.8, 4) is 5.88 Å². The van der Waals surface area contributed by atoms with Crippen molar-refractivity contribution in [2.45, 2.75) is 38.0 Å². The predicted octanol–water partition coefficient (Wildman–Crippen LogP) is 1.83. The first-order valence-electron chi connectivity index (χ1n) is 8.16. The first-order valence-corrected chi connectivity index (χ1v) is 8.16. The molecule has 3 atom stereocenters. The molecule has 1 amide bonds. The van der Waals surface area contributed by atoms with E-state index in [-0.39, 0.29) is 24.2 Å². The van der Waals surface area contributed by atoms with E-state index < -0.39 is 0 Å². The van der Waals surface area contributed by atoms with Gasteiger partial charge in [0.1, 0.15) is 18.0 Å². The molecule has 2 aromatic rings. The Balaban J connectivity index is 1.56. The van der Waals surface area contributed by atoms with E-state index in [1.54, 1.807) is 24.1 Å². The fourth-order valence-corrected chi connectivity index (χ4v) is 3.43. The Morgan fingerprint density at radius 1 is 1.42 bits per heavy atom. The third kappa shape index (κ3) is 2.75. The van der Waals surface area contributed by atoms with Crippen LogP contribution in [0.1, 0.15) is 29.1 Å². The molecule has 2 aliphatic heterocycles. The molecule has 0 saturated carbocycles. The summed E-state index contributed by atoms with van der Waals surface area (Å²) in [6.07, 6.45) is 3.14. The van der Waals surface area contributed by atoms with E-state index in [0.29, 0.717) is 30.5 Å².